The SMILES string of the molecule is CCn1nc(N2CCCCC2C)c(C(=O)OC)c1N. The summed E-state index contributed by atoms with van der Waals surface area (Å²) in [5, 5.41) is 4.49. The molecule has 0 aromatic carbocycles. The minimum Gasteiger partial charge on any atom is -0.465 e. The normalized spacial score (nSPS) is 19.5. The molecule has 1 atom stereocenters. The Hall–Kier alpha value is -1.72. The number of esters is 1. The lowest BCUT2D eigenvalue weighted by Crippen LogP contribution is -2.38. The van der Waals surface area contributed by atoms with Gasteiger partial charge in [-0.15, -0.1) is 0 Å². The maximum absolute atomic E-state index is 12.0. The van der Waals surface area contributed by atoms with E-state index in [9.17, 15) is 4.79 Å². The van der Waals surface area contributed by atoms with E-state index in [0.717, 1.165) is 19.4 Å². The van der Waals surface area contributed by atoms with Crippen molar-refractivity contribution in [1.82, 2.24) is 9.78 Å². The molecule has 1 aliphatic rings. The predicted octanol–water partition coefficient (Wildman–Crippen LogP) is 1.65. The molecule has 0 aliphatic carbocycles. The highest BCUT2D eigenvalue weighted by atomic mass is 16.5. The number of rotatable bonds is 3. The van der Waals surface area contributed by atoms with E-state index in [0.29, 0.717) is 29.8 Å². The van der Waals surface area contributed by atoms with E-state index < -0.39 is 5.97 Å². The van der Waals surface area contributed by atoms with Crippen molar-refractivity contribution in [2.24, 2.45) is 0 Å². The first-order chi connectivity index (χ1) is 9.10. The second-order valence-corrected chi connectivity index (χ2v) is 4.93. The van der Waals surface area contributed by atoms with Crippen LogP contribution in [0.3, 0.4) is 0 Å². The number of hydrogen-bond donors (Lipinski definition) is 1. The zero-order chi connectivity index (χ0) is 14.0. The number of methoxy groups -OCH3 is 1. The van der Waals surface area contributed by atoms with Gasteiger partial charge < -0.3 is 15.4 Å². The number of piperidine rings is 1. The maximum Gasteiger partial charge on any atom is 0.345 e. The molecule has 0 bridgehead atoms. The van der Waals surface area contributed by atoms with Gasteiger partial charge in [0.15, 0.2) is 5.82 Å². The topological polar surface area (TPSA) is 73.4 Å². The monoisotopic (exact) mass is 266 g/mol. The smallest absolute Gasteiger partial charge is 0.345 e. The van der Waals surface area contributed by atoms with Crippen LogP contribution in [-0.2, 0) is 11.3 Å². The first-order valence-electron chi connectivity index (χ1n) is 6.81. The fourth-order valence-corrected chi connectivity index (χ4v) is 2.61. The third-order valence-corrected chi connectivity index (χ3v) is 3.74. The first kappa shape index (κ1) is 13.7. The van der Waals surface area contributed by atoms with Gasteiger partial charge in [-0.05, 0) is 33.1 Å². The van der Waals surface area contributed by atoms with Crippen molar-refractivity contribution in [2.45, 2.75) is 45.7 Å². The molecular formula is C13H22N4O2. The van der Waals surface area contributed by atoms with Gasteiger partial charge in [0.1, 0.15) is 11.4 Å². The van der Waals surface area contributed by atoms with E-state index >= 15 is 0 Å². The van der Waals surface area contributed by atoms with Gasteiger partial charge in [0.25, 0.3) is 0 Å². The van der Waals surface area contributed by atoms with Crippen molar-refractivity contribution < 1.29 is 9.53 Å². The van der Waals surface area contributed by atoms with Crippen molar-refractivity contribution in [3.05, 3.63) is 5.56 Å². The molecule has 1 unspecified atom stereocenters. The summed E-state index contributed by atoms with van der Waals surface area (Å²) in [6, 6.07) is 0.372. The van der Waals surface area contributed by atoms with Crippen LogP contribution in [0.1, 0.15) is 43.5 Å². The van der Waals surface area contributed by atoms with Crippen LogP contribution in [0.25, 0.3) is 0 Å². The molecule has 2 rings (SSSR count). The van der Waals surface area contributed by atoms with Crippen molar-refractivity contribution in [1.29, 1.82) is 0 Å². The Labute approximate surface area is 113 Å². The van der Waals surface area contributed by atoms with Crippen LogP contribution in [0.15, 0.2) is 0 Å². The molecule has 1 aromatic heterocycles. The standard InChI is InChI=1S/C13H22N4O2/c1-4-17-11(14)10(13(18)19-3)12(15-17)16-8-6-5-7-9(16)2/h9H,4-8,14H2,1-3H3. The number of hydrogen-bond acceptors (Lipinski definition) is 5. The number of ether oxygens (including phenoxy) is 1. The summed E-state index contributed by atoms with van der Waals surface area (Å²) in [7, 11) is 1.37. The minimum absolute atomic E-state index is 0.372. The molecule has 6 nitrogen and oxygen atoms in total. The van der Waals surface area contributed by atoms with Crippen molar-refractivity contribution in [3.8, 4) is 0 Å². The summed E-state index contributed by atoms with van der Waals surface area (Å²) in [6.45, 7) is 5.65. The minimum atomic E-state index is -0.412. The number of nitrogens with two attached hydrogens (primary N) is 1. The lowest BCUT2D eigenvalue weighted by atomic mass is 10.0. The summed E-state index contributed by atoms with van der Waals surface area (Å²) in [5.74, 6) is 0.644. The van der Waals surface area contributed by atoms with Gasteiger partial charge in [0.2, 0.25) is 0 Å². The quantitative estimate of drug-likeness (QED) is 0.842. The number of nitrogen functional groups attached to an aromatic ring is 1. The molecule has 0 spiro atoms. The molecule has 19 heavy (non-hydrogen) atoms. The van der Waals surface area contributed by atoms with Crippen molar-refractivity contribution in [3.63, 3.8) is 0 Å². The Morgan fingerprint density at radius 1 is 1.53 bits per heavy atom. The molecule has 0 saturated carbocycles. The highest BCUT2D eigenvalue weighted by Gasteiger charge is 2.29. The molecule has 2 N–H and O–H groups in total. The van der Waals surface area contributed by atoms with E-state index in [1.807, 2.05) is 6.92 Å². The number of aromatic nitrogens is 2. The average Bonchev–Trinajstić information content (AvgIpc) is 2.75. The van der Waals surface area contributed by atoms with Gasteiger partial charge >= 0.3 is 5.97 Å². The van der Waals surface area contributed by atoms with E-state index in [2.05, 4.69) is 16.9 Å². The fourth-order valence-electron chi connectivity index (χ4n) is 2.61. The highest BCUT2D eigenvalue weighted by molar-refractivity contribution is 5.99. The van der Waals surface area contributed by atoms with Crippen LogP contribution < -0.4 is 10.6 Å². The number of carbonyl (C=O) groups excluding carboxylic acids is 1. The summed E-state index contributed by atoms with van der Waals surface area (Å²) >= 11 is 0. The third kappa shape index (κ3) is 2.39. The number of anilines is 2. The van der Waals surface area contributed by atoms with Crippen molar-refractivity contribution in [2.75, 3.05) is 24.3 Å². The molecule has 0 amide bonds. The van der Waals surface area contributed by atoms with Crippen LogP contribution in [0.4, 0.5) is 11.6 Å². The molecule has 6 heteroatoms. The van der Waals surface area contributed by atoms with E-state index in [4.69, 9.17) is 10.5 Å². The molecule has 1 aromatic rings. The number of nitrogens with zero attached hydrogens (tertiary/aromatic N) is 3. The first-order valence-corrected chi connectivity index (χ1v) is 6.81. The van der Waals surface area contributed by atoms with Crippen LogP contribution in [0.2, 0.25) is 0 Å². The molecule has 1 aliphatic heterocycles. The average molecular weight is 266 g/mol. The predicted molar refractivity (Wildman–Crippen MR) is 74.3 cm³/mol. The molecule has 106 valence electrons. The third-order valence-electron chi connectivity index (χ3n) is 3.74. The second-order valence-electron chi connectivity index (χ2n) is 4.93. The second kappa shape index (κ2) is 5.50. The van der Waals surface area contributed by atoms with Crippen LogP contribution in [-0.4, -0.2) is 35.4 Å². The van der Waals surface area contributed by atoms with Crippen LogP contribution >= 0.6 is 0 Å². The zero-order valence-electron chi connectivity index (χ0n) is 11.8. The number of carbonyl (C=O) groups is 1. The van der Waals surface area contributed by atoms with Crippen molar-refractivity contribution >= 4 is 17.6 Å². The lowest BCUT2D eigenvalue weighted by molar-refractivity contribution is 0.0602. The van der Waals surface area contributed by atoms with Gasteiger partial charge in [0, 0.05) is 19.1 Å². The van der Waals surface area contributed by atoms with Gasteiger partial charge in [-0.2, -0.15) is 5.10 Å². The molecule has 0 radical (unpaired) electrons. The van der Waals surface area contributed by atoms with Gasteiger partial charge in [0.05, 0.1) is 7.11 Å². The summed E-state index contributed by atoms with van der Waals surface area (Å²) in [4.78, 5) is 14.1. The van der Waals surface area contributed by atoms with Gasteiger partial charge in [-0.1, -0.05) is 0 Å². The molecule has 2 heterocycles. The molecular weight excluding hydrogens is 244 g/mol. The summed E-state index contributed by atoms with van der Waals surface area (Å²) in [5.41, 5.74) is 6.42. The highest BCUT2D eigenvalue weighted by Crippen LogP contribution is 2.30. The largest absolute Gasteiger partial charge is 0.465 e. The van der Waals surface area contributed by atoms with E-state index in [1.165, 1.54) is 13.5 Å². The Morgan fingerprint density at radius 2 is 2.26 bits per heavy atom. The van der Waals surface area contributed by atoms with Gasteiger partial charge in [-0.3, -0.25) is 0 Å². The Morgan fingerprint density at radius 3 is 2.84 bits per heavy atom. The van der Waals surface area contributed by atoms with E-state index in [-0.39, 0.29) is 0 Å². The molecule has 1 saturated heterocycles. The lowest BCUT2D eigenvalue weighted by Gasteiger charge is -2.33. The Bertz CT molecular complexity index is 469. The zero-order valence-corrected chi connectivity index (χ0v) is 11.8. The van der Waals surface area contributed by atoms with E-state index in [1.54, 1.807) is 4.68 Å². The molecule has 1 fully saturated rings. The summed E-state index contributed by atoms with van der Waals surface area (Å²) in [6.07, 6.45) is 3.44. The Balaban J connectivity index is 2.45. The van der Waals surface area contributed by atoms with Crippen LogP contribution in [0, 0.1) is 0 Å². The summed E-state index contributed by atoms with van der Waals surface area (Å²) < 4.78 is 6.50. The van der Waals surface area contributed by atoms with Gasteiger partial charge in [-0.25, -0.2) is 9.48 Å². The Kier molecular flexibility index (Phi) is 3.97. The number of aryl methyl sites for hydroxylation is 1. The fraction of sp³-hybridized carbons (Fsp3) is 0.692. The maximum atomic E-state index is 12.0. The van der Waals surface area contributed by atoms with Crippen LogP contribution in [0.5, 0.6) is 0 Å².